The second kappa shape index (κ2) is 8.21. The fraction of sp³-hybridized carbons (Fsp3) is 0.600. The highest BCUT2D eigenvalue weighted by Crippen LogP contribution is 2.53. The van der Waals surface area contributed by atoms with Gasteiger partial charge in [-0.15, -0.1) is 0 Å². The van der Waals surface area contributed by atoms with E-state index in [1.807, 2.05) is 4.90 Å². The lowest BCUT2D eigenvalue weighted by atomic mass is 9.91. The third-order valence-corrected chi connectivity index (χ3v) is 6.30. The normalized spacial score (nSPS) is 22.9. The Labute approximate surface area is 181 Å². The molecule has 1 aliphatic heterocycles. The van der Waals surface area contributed by atoms with Crippen LogP contribution in [0.25, 0.3) is 0 Å². The zero-order valence-corrected chi connectivity index (χ0v) is 17.7. The van der Waals surface area contributed by atoms with E-state index in [-0.39, 0.29) is 17.5 Å². The van der Waals surface area contributed by atoms with Crippen molar-refractivity contribution in [2.75, 3.05) is 25.1 Å². The number of benzene rings is 1. The van der Waals surface area contributed by atoms with E-state index < -0.39 is 28.7 Å². The molecule has 2 heterocycles. The number of nitrogens with zero attached hydrogens (tertiary/aromatic N) is 4. The Bertz CT molecular complexity index is 977. The molecule has 2 atom stereocenters. The summed E-state index contributed by atoms with van der Waals surface area (Å²) in [6, 6.07) is 1.60. The molecule has 0 spiro atoms. The number of hydrogen-bond donors (Lipinski definition) is 2. The summed E-state index contributed by atoms with van der Waals surface area (Å²) < 4.78 is 58.9. The number of nitrogens with one attached hydrogen (secondary N) is 2. The van der Waals surface area contributed by atoms with Crippen LogP contribution in [0.4, 0.5) is 23.5 Å². The lowest BCUT2D eigenvalue weighted by Gasteiger charge is -2.27. The van der Waals surface area contributed by atoms with Crippen LogP contribution < -0.4 is 15.0 Å². The van der Waals surface area contributed by atoms with Gasteiger partial charge in [0.25, 0.3) is 0 Å². The number of ether oxygens (including phenoxy) is 1. The van der Waals surface area contributed by atoms with Crippen molar-refractivity contribution in [3.8, 4) is 5.75 Å². The van der Waals surface area contributed by atoms with Gasteiger partial charge in [-0.1, -0.05) is 18.1 Å². The zero-order valence-electron chi connectivity index (χ0n) is 17.7. The first-order valence-electron chi connectivity index (χ1n) is 10.4. The van der Waals surface area contributed by atoms with Crippen molar-refractivity contribution >= 4 is 11.9 Å². The molecule has 1 saturated carbocycles. The molecule has 4 rings (SSSR count). The molecule has 12 heteroatoms. The minimum Gasteiger partial charge on any atom is -0.493 e. The Morgan fingerprint density at radius 1 is 1.34 bits per heavy atom. The number of carbonyl (C=O) groups is 1. The molecule has 8 nitrogen and oxygen atoms in total. The second-order valence-corrected chi connectivity index (χ2v) is 8.56. The van der Waals surface area contributed by atoms with Crippen molar-refractivity contribution in [3.05, 3.63) is 29.1 Å². The van der Waals surface area contributed by atoms with E-state index in [2.05, 4.69) is 32.9 Å². The summed E-state index contributed by atoms with van der Waals surface area (Å²) in [5, 5.41) is 16.9. The molecule has 2 unspecified atom stereocenters. The van der Waals surface area contributed by atoms with E-state index in [1.165, 1.54) is 0 Å². The summed E-state index contributed by atoms with van der Waals surface area (Å²) in [5.41, 5.74) is -2.38. The molecule has 2 aromatic rings. The number of aromatic amines is 1. The molecule has 1 aromatic heterocycles. The number of aromatic nitrogens is 4. The van der Waals surface area contributed by atoms with Gasteiger partial charge in [0.2, 0.25) is 11.9 Å². The van der Waals surface area contributed by atoms with Gasteiger partial charge >= 0.3 is 6.18 Å². The molecule has 32 heavy (non-hydrogen) atoms. The summed E-state index contributed by atoms with van der Waals surface area (Å²) in [6.45, 7) is 3.28. The first-order valence-corrected chi connectivity index (χ1v) is 10.4. The maximum atomic E-state index is 14.6. The third kappa shape index (κ3) is 4.09. The van der Waals surface area contributed by atoms with Gasteiger partial charge in [0.15, 0.2) is 11.6 Å². The molecule has 1 amide bonds. The lowest BCUT2D eigenvalue weighted by molar-refractivity contribution is -0.140. The van der Waals surface area contributed by atoms with Gasteiger partial charge in [0.05, 0.1) is 18.1 Å². The number of anilines is 1. The van der Waals surface area contributed by atoms with E-state index >= 15 is 0 Å². The molecule has 1 aromatic carbocycles. The predicted octanol–water partition coefficient (Wildman–Crippen LogP) is 2.82. The van der Waals surface area contributed by atoms with Gasteiger partial charge in [-0.3, -0.25) is 4.79 Å². The van der Waals surface area contributed by atoms with Crippen molar-refractivity contribution in [3.63, 3.8) is 0 Å². The van der Waals surface area contributed by atoms with Gasteiger partial charge in [-0.05, 0) is 48.1 Å². The number of tetrazole rings is 1. The van der Waals surface area contributed by atoms with Crippen LogP contribution in [-0.4, -0.2) is 52.8 Å². The smallest absolute Gasteiger partial charge is 0.419 e. The Morgan fingerprint density at radius 2 is 2.09 bits per heavy atom. The molecule has 174 valence electrons. The molecule has 2 aliphatic rings. The highest BCUT2D eigenvalue weighted by Gasteiger charge is 2.54. The van der Waals surface area contributed by atoms with Gasteiger partial charge < -0.3 is 15.0 Å². The molecule has 2 N–H and O–H groups in total. The monoisotopic (exact) mass is 456 g/mol. The third-order valence-electron chi connectivity index (χ3n) is 6.30. The predicted molar refractivity (Wildman–Crippen MR) is 106 cm³/mol. The van der Waals surface area contributed by atoms with Crippen LogP contribution >= 0.6 is 0 Å². The van der Waals surface area contributed by atoms with E-state index in [9.17, 15) is 22.4 Å². The average Bonchev–Trinajstić information content (AvgIpc) is 3.40. The van der Waals surface area contributed by atoms with E-state index in [4.69, 9.17) is 4.74 Å². The van der Waals surface area contributed by atoms with Gasteiger partial charge in [-0.2, -0.15) is 13.2 Å². The Balaban J connectivity index is 1.57. The lowest BCUT2D eigenvalue weighted by Crippen LogP contribution is -2.47. The first-order chi connectivity index (χ1) is 15.2. The maximum Gasteiger partial charge on any atom is 0.419 e. The van der Waals surface area contributed by atoms with E-state index in [1.54, 1.807) is 0 Å². The summed E-state index contributed by atoms with van der Waals surface area (Å²) in [5.74, 6) is -1.54. The van der Waals surface area contributed by atoms with Crippen molar-refractivity contribution in [2.24, 2.45) is 5.92 Å². The number of H-pyrrole nitrogens is 1. The van der Waals surface area contributed by atoms with Gasteiger partial charge in [0, 0.05) is 24.7 Å². The Kier molecular flexibility index (Phi) is 5.72. The Hall–Kier alpha value is -2.92. The fourth-order valence-corrected chi connectivity index (χ4v) is 4.42. The number of amides is 1. The molecule has 0 bridgehead atoms. The highest BCUT2D eigenvalue weighted by atomic mass is 19.4. The number of hydrogen-bond acceptors (Lipinski definition) is 6. The minimum absolute atomic E-state index is 0.140. The number of methoxy groups -OCH3 is 1. The van der Waals surface area contributed by atoms with Crippen LogP contribution in [0.1, 0.15) is 43.7 Å². The van der Waals surface area contributed by atoms with E-state index in [0.29, 0.717) is 43.9 Å². The second-order valence-electron chi connectivity index (χ2n) is 8.56. The Morgan fingerprint density at radius 3 is 2.69 bits per heavy atom. The number of carbonyl (C=O) groups excluding carboxylic acids is 1. The zero-order chi connectivity index (χ0) is 23.1. The molecule has 0 radical (unpaired) electrons. The van der Waals surface area contributed by atoms with Crippen molar-refractivity contribution in [2.45, 2.75) is 50.2 Å². The van der Waals surface area contributed by atoms with Crippen LogP contribution in [0.5, 0.6) is 5.75 Å². The average molecular weight is 456 g/mol. The molecule has 1 saturated heterocycles. The molecule has 1 aliphatic carbocycles. The minimum atomic E-state index is -4.86. The van der Waals surface area contributed by atoms with Crippen LogP contribution in [-0.2, 0) is 16.4 Å². The van der Waals surface area contributed by atoms with Gasteiger partial charge in [0.1, 0.15) is 0 Å². The SMILES string of the molecule is COc1c(C2(C(=O)NC3CC(C)CCN(c4nnn[nH]4)C3)CC2)ccc(C(F)(F)F)c1F. The van der Waals surface area contributed by atoms with Crippen molar-refractivity contribution in [1.82, 2.24) is 25.9 Å². The van der Waals surface area contributed by atoms with Crippen molar-refractivity contribution in [1.29, 1.82) is 0 Å². The van der Waals surface area contributed by atoms with Crippen LogP contribution in [0, 0.1) is 11.7 Å². The first kappa shape index (κ1) is 22.3. The standard InChI is InChI=1S/C20H24F4N6O2/c1-11-5-8-30(18-26-28-29-27-18)10-12(9-11)25-17(31)19(6-7-19)14-4-3-13(20(22,23)24)15(21)16(14)32-2/h3-4,11-12H,5-10H2,1-2H3,(H,25,31)(H,26,27,28,29). The van der Waals surface area contributed by atoms with Gasteiger partial charge in [-0.25, -0.2) is 9.49 Å². The number of alkyl halides is 3. The van der Waals surface area contributed by atoms with Crippen LogP contribution in [0.2, 0.25) is 0 Å². The fourth-order valence-electron chi connectivity index (χ4n) is 4.42. The molecule has 2 fully saturated rings. The highest BCUT2D eigenvalue weighted by molar-refractivity contribution is 5.92. The topological polar surface area (TPSA) is 96.0 Å². The maximum absolute atomic E-state index is 14.6. The van der Waals surface area contributed by atoms with E-state index in [0.717, 1.165) is 26.0 Å². The summed E-state index contributed by atoms with van der Waals surface area (Å²) in [6.07, 6.45) is -2.45. The largest absolute Gasteiger partial charge is 0.493 e. The molecular formula is C20H24F4N6O2. The van der Waals surface area contributed by atoms with Crippen LogP contribution in [0.15, 0.2) is 12.1 Å². The summed E-state index contributed by atoms with van der Waals surface area (Å²) >= 11 is 0. The summed E-state index contributed by atoms with van der Waals surface area (Å²) in [7, 11) is 1.10. The molecular weight excluding hydrogens is 432 g/mol. The quantitative estimate of drug-likeness (QED) is 0.672. The van der Waals surface area contributed by atoms with Crippen LogP contribution in [0.3, 0.4) is 0 Å². The number of halogens is 4. The summed E-state index contributed by atoms with van der Waals surface area (Å²) in [4.78, 5) is 15.2. The van der Waals surface area contributed by atoms with Crippen molar-refractivity contribution < 1.29 is 27.1 Å². The number of rotatable bonds is 5.